The van der Waals surface area contributed by atoms with E-state index in [0.717, 1.165) is 22.3 Å². The number of aromatic nitrogens is 1. The normalized spacial score (nSPS) is 16.0. The lowest BCUT2D eigenvalue weighted by Gasteiger charge is -2.21. The van der Waals surface area contributed by atoms with Gasteiger partial charge >= 0.3 is 0 Å². The molecule has 21 heavy (non-hydrogen) atoms. The number of pyridine rings is 1. The summed E-state index contributed by atoms with van der Waals surface area (Å²) >= 11 is 0. The van der Waals surface area contributed by atoms with Gasteiger partial charge in [0.2, 0.25) is 5.91 Å². The summed E-state index contributed by atoms with van der Waals surface area (Å²) in [5.74, 6) is 0.698. The van der Waals surface area contributed by atoms with Crippen molar-refractivity contribution in [2.24, 2.45) is 5.92 Å². The Morgan fingerprint density at radius 1 is 1.19 bits per heavy atom. The summed E-state index contributed by atoms with van der Waals surface area (Å²) in [7, 11) is 0. The minimum Gasteiger partial charge on any atom is -0.325 e. The van der Waals surface area contributed by atoms with Gasteiger partial charge in [-0.05, 0) is 49.9 Å². The van der Waals surface area contributed by atoms with Crippen LogP contribution in [0.15, 0.2) is 30.3 Å². The summed E-state index contributed by atoms with van der Waals surface area (Å²) in [5.41, 5.74) is 2.81. The molecule has 0 saturated heterocycles. The highest BCUT2D eigenvalue weighted by atomic mass is 16.1. The van der Waals surface area contributed by atoms with Gasteiger partial charge in [0.1, 0.15) is 0 Å². The first-order chi connectivity index (χ1) is 10.2. The van der Waals surface area contributed by atoms with Gasteiger partial charge in [-0.1, -0.05) is 25.3 Å². The summed E-state index contributed by atoms with van der Waals surface area (Å²) in [6.07, 6.45) is 6.92. The number of hydrogen-bond donors (Lipinski definition) is 1. The Kier molecular flexibility index (Phi) is 4.18. The van der Waals surface area contributed by atoms with Gasteiger partial charge < -0.3 is 5.32 Å². The molecule has 3 rings (SSSR count). The van der Waals surface area contributed by atoms with Crippen LogP contribution in [0.3, 0.4) is 0 Å². The number of aryl methyl sites for hydroxylation is 1. The Hall–Kier alpha value is -1.90. The fourth-order valence-corrected chi connectivity index (χ4v) is 3.22. The Morgan fingerprint density at radius 3 is 2.81 bits per heavy atom. The molecular formula is C18H22N2O. The third-order valence-corrected chi connectivity index (χ3v) is 4.34. The monoisotopic (exact) mass is 282 g/mol. The van der Waals surface area contributed by atoms with Gasteiger partial charge in [-0.2, -0.15) is 0 Å². The highest BCUT2D eigenvalue weighted by Gasteiger charge is 2.17. The summed E-state index contributed by atoms with van der Waals surface area (Å²) in [6.45, 7) is 1.98. The average Bonchev–Trinajstić information content (AvgIpc) is 2.48. The maximum Gasteiger partial charge on any atom is 0.224 e. The Bertz CT molecular complexity index is 645. The van der Waals surface area contributed by atoms with E-state index in [4.69, 9.17) is 0 Å². The quantitative estimate of drug-likeness (QED) is 0.903. The summed E-state index contributed by atoms with van der Waals surface area (Å²) in [6, 6.07) is 9.91. The van der Waals surface area contributed by atoms with E-state index < -0.39 is 0 Å². The molecule has 0 unspecified atom stereocenters. The zero-order valence-corrected chi connectivity index (χ0v) is 12.6. The zero-order valence-electron chi connectivity index (χ0n) is 12.6. The summed E-state index contributed by atoms with van der Waals surface area (Å²) in [5, 5.41) is 4.09. The van der Waals surface area contributed by atoms with Crippen LogP contribution >= 0.6 is 0 Å². The number of nitrogens with zero attached hydrogens (tertiary/aromatic N) is 1. The first-order valence-corrected chi connectivity index (χ1v) is 7.88. The van der Waals surface area contributed by atoms with Crippen molar-refractivity contribution in [1.82, 2.24) is 4.98 Å². The predicted molar refractivity (Wildman–Crippen MR) is 86.3 cm³/mol. The minimum atomic E-state index is 0.134. The number of fused-ring (bicyclic) bond motifs is 1. The van der Waals surface area contributed by atoms with Crippen molar-refractivity contribution in [3.05, 3.63) is 36.0 Å². The van der Waals surface area contributed by atoms with E-state index in [-0.39, 0.29) is 5.91 Å². The van der Waals surface area contributed by atoms with Crippen LogP contribution in [0.4, 0.5) is 5.69 Å². The third kappa shape index (κ3) is 3.41. The molecule has 3 nitrogen and oxygen atoms in total. The molecule has 1 aliphatic rings. The molecule has 2 aromatic rings. The van der Waals surface area contributed by atoms with E-state index in [2.05, 4.69) is 10.3 Å². The molecule has 0 radical (unpaired) electrons. The topological polar surface area (TPSA) is 42.0 Å². The highest BCUT2D eigenvalue weighted by molar-refractivity contribution is 6.01. The van der Waals surface area contributed by atoms with Crippen molar-refractivity contribution < 1.29 is 4.79 Å². The lowest BCUT2D eigenvalue weighted by atomic mass is 9.87. The second-order valence-corrected chi connectivity index (χ2v) is 6.08. The van der Waals surface area contributed by atoms with Crippen molar-refractivity contribution in [3.63, 3.8) is 0 Å². The molecule has 1 amide bonds. The summed E-state index contributed by atoms with van der Waals surface area (Å²) < 4.78 is 0. The van der Waals surface area contributed by atoms with Crippen LogP contribution in [0.1, 0.15) is 44.2 Å². The average molecular weight is 282 g/mol. The highest BCUT2D eigenvalue weighted by Crippen LogP contribution is 2.27. The molecule has 0 atom stereocenters. The molecule has 1 N–H and O–H groups in total. The van der Waals surface area contributed by atoms with E-state index in [1.54, 1.807) is 0 Å². The second kappa shape index (κ2) is 6.25. The lowest BCUT2D eigenvalue weighted by molar-refractivity contribution is -0.117. The van der Waals surface area contributed by atoms with Gasteiger partial charge in [0, 0.05) is 17.5 Å². The predicted octanol–water partition coefficient (Wildman–Crippen LogP) is 4.45. The zero-order chi connectivity index (χ0) is 14.7. The first kappa shape index (κ1) is 14.1. The fraction of sp³-hybridized carbons (Fsp3) is 0.444. The standard InChI is InChI=1S/C18H22N2O/c1-13-10-11-15-16(19-13)8-5-9-17(15)20-18(21)12-14-6-3-2-4-7-14/h5,8-11,14H,2-4,6-7,12H2,1H3,(H,20,21). The molecule has 1 aliphatic carbocycles. The molecule has 0 aliphatic heterocycles. The lowest BCUT2D eigenvalue weighted by Crippen LogP contribution is -2.18. The molecule has 0 bridgehead atoms. The number of hydrogen-bond acceptors (Lipinski definition) is 2. The van der Waals surface area contributed by atoms with Crippen molar-refractivity contribution in [2.75, 3.05) is 5.32 Å². The van der Waals surface area contributed by atoms with Crippen LogP contribution in [-0.2, 0) is 4.79 Å². The molecule has 0 spiro atoms. The van der Waals surface area contributed by atoms with E-state index in [0.29, 0.717) is 12.3 Å². The number of carbonyl (C=O) groups is 1. The Morgan fingerprint density at radius 2 is 2.00 bits per heavy atom. The Balaban J connectivity index is 1.73. The van der Waals surface area contributed by atoms with Crippen LogP contribution in [0.2, 0.25) is 0 Å². The number of benzene rings is 1. The molecule has 1 saturated carbocycles. The number of amides is 1. The van der Waals surface area contributed by atoms with Crippen LogP contribution < -0.4 is 5.32 Å². The summed E-state index contributed by atoms with van der Waals surface area (Å²) in [4.78, 5) is 16.8. The number of anilines is 1. The molecule has 3 heteroatoms. The van der Waals surface area contributed by atoms with Crippen LogP contribution in [0.5, 0.6) is 0 Å². The van der Waals surface area contributed by atoms with Gasteiger partial charge in [-0.15, -0.1) is 0 Å². The van der Waals surface area contributed by atoms with Crippen LogP contribution in [-0.4, -0.2) is 10.9 Å². The molecule has 1 fully saturated rings. The number of nitrogens with one attached hydrogen (secondary N) is 1. The number of rotatable bonds is 3. The third-order valence-electron chi connectivity index (χ3n) is 4.34. The van der Waals surface area contributed by atoms with E-state index >= 15 is 0 Å². The van der Waals surface area contributed by atoms with Crippen molar-refractivity contribution in [3.8, 4) is 0 Å². The molecule has 1 aromatic carbocycles. The maximum atomic E-state index is 12.3. The van der Waals surface area contributed by atoms with Gasteiger partial charge in [0.15, 0.2) is 0 Å². The fourth-order valence-electron chi connectivity index (χ4n) is 3.22. The van der Waals surface area contributed by atoms with Gasteiger partial charge in [-0.3, -0.25) is 9.78 Å². The second-order valence-electron chi connectivity index (χ2n) is 6.08. The van der Waals surface area contributed by atoms with Gasteiger partial charge in [-0.25, -0.2) is 0 Å². The maximum absolute atomic E-state index is 12.3. The minimum absolute atomic E-state index is 0.134. The molecule has 110 valence electrons. The van der Waals surface area contributed by atoms with Gasteiger partial charge in [0.25, 0.3) is 0 Å². The van der Waals surface area contributed by atoms with E-state index in [1.807, 2.05) is 37.3 Å². The van der Waals surface area contributed by atoms with Crippen LogP contribution in [0.25, 0.3) is 10.9 Å². The SMILES string of the molecule is Cc1ccc2c(NC(=O)CC3CCCCC3)cccc2n1. The van der Waals surface area contributed by atoms with E-state index in [9.17, 15) is 4.79 Å². The van der Waals surface area contributed by atoms with E-state index in [1.165, 1.54) is 32.1 Å². The van der Waals surface area contributed by atoms with Crippen molar-refractivity contribution in [2.45, 2.75) is 45.4 Å². The molecule has 1 heterocycles. The van der Waals surface area contributed by atoms with Crippen LogP contribution in [0, 0.1) is 12.8 Å². The van der Waals surface area contributed by atoms with Gasteiger partial charge in [0.05, 0.1) is 11.2 Å². The number of carbonyl (C=O) groups excluding carboxylic acids is 1. The largest absolute Gasteiger partial charge is 0.325 e. The first-order valence-electron chi connectivity index (χ1n) is 7.88. The molecular weight excluding hydrogens is 260 g/mol. The van der Waals surface area contributed by atoms with Crippen molar-refractivity contribution in [1.29, 1.82) is 0 Å². The van der Waals surface area contributed by atoms with Crippen molar-refractivity contribution >= 4 is 22.5 Å². The Labute approximate surface area is 125 Å². The smallest absolute Gasteiger partial charge is 0.224 e. The molecule has 1 aromatic heterocycles.